The molecule has 2 aliphatic rings. The number of carbonyl (C=O) groups excluding carboxylic acids is 1. The largest absolute Gasteiger partial charge is 0.350 e. The van der Waals surface area contributed by atoms with Crippen molar-refractivity contribution in [3.8, 4) is 0 Å². The lowest BCUT2D eigenvalue weighted by molar-refractivity contribution is -0.122. The number of aromatic nitrogens is 5. The highest BCUT2D eigenvalue weighted by Crippen LogP contribution is 2.41. The number of aromatic amines is 1. The van der Waals surface area contributed by atoms with Crippen LogP contribution in [-0.4, -0.2) is 42.7 Å². The smallest absolute Gasteiger partial charge is 0.273 e. The number of pyridine rings is 1. The van der Waals surface area contributed by atoms with Gasteiger partial charge in [0.1, 0.15) is 6.04 Å². The summed E-state index contributed by atoms with van der Waals surface area (Å²) >= 11 is 0. The second-order valence-electron chi connectivity index (χ2n) is 9.04. The zero-order valence-corrected chi connectivity index (χ0v) is 18.8. The Bertz CT molecular complexity index is 1220. The van der Waals surface area contributed by atoms with Crippen molar-refractivity contribution in [2.24, 2.45) is 13.0 Å². The molecule has 3 aromatic heterocycles. The summed E-state index contributed by atoms with van der Waals surface area (Å²) in [5.74, 6) is 1.11. The molecule has 1 aliphatic carbocycles. The second-order valence-corrected chi connectivity index (χ2v) is 9.04. The molecule has 2 fully saturated rings. The van der Waals surface area contributed by atoms with E-state index in [2.05, 4.69) is 30.3 Å². The SMILES string of the molecule is Cc1nc2c(c(C)c1CNC(=O)[C@@H]1C[C@H]3CCCC[C@H]3N1c1ncccn1)c(=O)[nH]n2C. The molecule has 4 heterocycles. The molecule has 32 heavy (non-hydrogen) atoms. The lowest BCUT2D eigenvalue weighted by Crippen LogP contribution is -2.47. The third kappa shape index (κ3) is 3.36. The van der Waals surface area contributed by atoms with Crippen molar-refractivity contribution >= 4 is 22.9 Å². The molecule has 0 bridgehead atoms. The number of anilines is 1. The molecule has 0 aromatic carbocycles. The number of fused-ring (bicyclic) bond motifs is 2. The summed E-state index contributed by atoms with van der Waals surface area (Å²) in [6, 6.07) is 1.82. The van der Waals surface area contributed by atoms with Crippen molar-refractivity contribution in [2.75, 3.05) is 4.90 Å². The number of H-pyrrole nitrogens is 1. The molecule has 3 aromatic rings. The summed E-state index contributed by atoms with van der Waals surface area (Å²) in [4.78, 5) is 41.4. The van der Waals surface area contributed by atoms with Crippen LogP contribution in [0.3, 0.4) is 0 Å². The first-order valence-electron chi connectivity index (χ1n) is 11.3. The lowest BCUT2D eigenvalue weighted by Gasteiger charge is -2.33. The van der Waals surface area contributed by atoms with Gasteiger partial charge in [-0.25, -0.2) is 15.0 Å². The van der Waals surface area contributed by atoms with Crippen molar-refractivity contribution in [1.82, 2.24) is 30.0 Å². The van der Waals surface area contributed by atoms with Gasteiger partial charge in [-0.15, -0.1) is 0 Å². The minimum Gasteiger partial charge on any atom is -0.350 e. The maximum Gasteiger partial charge on any atom is 0.273 e. The minimum absolute atomic E-state index is 0.0206. The maximum absolute atomic E-state index is 13.4. The quantitative estimate of drug-likeness (QED) is 0.650. The fourth-order valence-corrected chi connectivity index (χ4v) is 5.61. The molecule has 9 heteroatoms. The van der Waals surface area contributed by atoms with Crippen molar-refractivity contribution in [1.29, 1.82) is 0 Å². The average Bonchev–Trinajstić information content (AvgIpc) is 3.31. The van der Waals surface area contributed by atoms with Crippen LogP contribution >= 0.6 is 0 Å². The van der Waals surface area contributed by atoms with Gasteiger partial charge in [-0.3, -0.25) is 19.4 Å². The van der Waals surface area contributed by atoms with E-state index in [1.54, 1.807) is 30.2 Å². The highest BCUT2D eigenvalue weighted by molar-refractivity contribution is 5.86. The molecular formula is C23H29N7O2. The first-order chi connectivity index (χ1) is 15.5. The summed E-state index contributed by atoms with van der Waals surface area (Å²) in [6.07, 6.45) is 8.90. The first kappa shape index (κ1) is 20.7. The summed E-state index contributed by atoms with van der Waals surface area (Å²) in [6.45, 7) is 4.17. The monoisotopic (exact) mass is 435 g/mol. The van der Waals surface area contributed by atoms with Gasteiger partial charge in [-0.05, 0) is 56.2 Å². The van der Waals surface area contributed by atoms with Gasteiger partial charge in [-0.2, -0.15) is 0 Å². The van der Waals surface area contributed by atoms with Crippen molar-refractivity contribution in [3.05, 3.63) is 45.6 Å². The van der Waals surface area contributed by atoms with Gasteiger partial charge in [0.2, 0.25) is 11.9 Å². The number of nitrogens with zero attached hydrogens (tertiary/aromatic N) is 5. The molecule has 9 nitrogen and oxygen atoms in total. The Morgan fingerprint density at radius 1 is 1.22 bits per heavy atom. The number of amides is 1. The number of carbonyl (C=O) groups is 1. The van der Waals surface area contributed by atoms with E-state index in [-0.39, 0.29) is 17.5 Å². The topological polar surface area (TPSA) is 109 Å². The molecule has 1 aliphatic heterocycles. The number of rotatable bonds is 4. The van der Waals surface area contributed by atoms with Gasteiger partial charge in [0.25, 0.3) is 5.56 Å². The lowest BCUT2D eigenvalue weighted by atomic mass is 9.85. The molecule has 1 amide bonds. The third-order valence-electron chi connectivity index (χ3n) is 7.19. The summed E-state index contributed by atoms with van der Waals surface area (Å²) in [5, 5.41) is 6.47. The van der Waals surface area contributed by atoms with E-state index in [1.807, 2.05) is 13.8 Å². The molecule has 1 saturated carbocycles. The van der Waals surface area contributed by atoms with Crippen molar-refractivity contribution in [3.63, 3.8) is 0 Å². The van der Waals surface area contributed by atoms with Gasteiger partial charge in [0.05, 0.1) is 5.39 Å². The van der Waals surface area contributed by atoms with Crippen molar-refractivity contribution < 1.29 is 4.79 Å². The van der Waals surface area contributed by atoms with Gasteiger partial charge < -0.3 is 10.2 Å². The van der Waals surface area contributed by atoms with Gasteiger partial charge in [0.15, 0.2) is 5.65 Å². The van der Waals surface area contributed by atoms with Crippen LogP contribution in [0.25, 0.3) is 11.0 Å². The van der Waals surface area contributed by atoms with E-state index < -0.39 is 0 Å². The van der Waals surface area contributed by atoms with Crippen LogP contribution in [0.2, 0.25) is 0 Å². The van der Waals surface area contributed by atoms with E-state index in [9.17, 15) is 9.59 Å². The normalized spacial score (nSPS) is 22.8. The zero-order valence-electron chi connectivity index (χ0n) is 18.8. The Kier molecular flexibility index (Phi) is 5.19. The van der Waals surface area contributed by atoms with Crippen LogP contribution in [0.5, 0.6) is 0 Å². The first-order valence-corrected chi connectivity index (χ1v) is 11.3. The third-order valence-corrected chi connectivity index (χ3v) is 7.19. The molecule has 1 saturated heterocycles. The zero-order chi connectivity index (χ0) is 22.4. The molecule has 5 rings (SSSR count). The fraction of sp³-hybridized carbons (Fsp3) is 0.522. The Morgan fingerprint density at radius 3 is 2.75 bits per heavy atom. The standard InChI is InChI=1S/C23H29N7O2/c1-13-16(14(2)27-20-19(13)22(32)28-29(20)3)12-26-21(31)18-11-15-7-4-5-8-17(15)30(18)23-24-9-6-10-25-23/h6,9-10,15,17-18H,4-5,7-8,11-12H2,1-3H3,(H,26,31)(H,28,32)/t15-,17-,18+/m1/s1. The Labute approximate surface area is 186 Å². The number of hydrogen-bond donors (Lipinski definition) is 2. The van der Waals surface area contributed by atoms with Crippen LogP contribution in [0.1, 0.15) is 48.9 Å². The molecule has 168 valence electrons. The molecule has 0 unspecified atom stereocenters. The minimum atomic E-state index is -0.289. The number of nitrogens with one attached hydrogen (secondary N) is 2. The average molecular weight is 436 g/mol. The van der Waals surface area contributed by atoms with E-state index in [4.69, 9.17) is 0 Å². The molecular weight excluding hydrogens is 406 g/mol. The molecule has 2 N–H and O–H groups in total. The van der Waals surface area contributed by atoms with Crippen LogP contribution in [0, 0.1) is 19.8 Å². The second kappa shape index (κ2) is 8.03. The maximum atomic E-state index is 13.4. The predicted molar refractivity (Wildman–Crippen MR) is 121 cm³/mol. The Balaban J connectivity index is 1.41. The number of aryl methyl sites for hydroxylation is 3. The Morgan fingerprint density at radius 2 is 1.97 bits per heavy atom. The van der Waals surface area contributed by atoms with E-state index in [0.717, 1.165) is 36.1 Å². The van der Waals surface area contributed by atoms with Gasteiger partial charge >= 0.3 is 0 Å². The van der Waals surface area contributed by atoms with Crippen LogP contribution in [0.15, 0.2) is 23.3 Å². The molecule has 3 atom stereocenters. The van der Waals surface area contributed by atoms with Crippen LogP contribution in [0.4, 0.5) is 5.95 Å². The molecule has 0 radical (unpaired) electrons. The fourth-order valence-electron chi connectivity index (χ4n) is 5.61. The highest BCUT2D eigenvalue weighted by Gasteiger charge is 2.46. The predicted octanol–water partition coefficient (Wildman–Crippen LogP) is 2.12. The molecule has 0 spiro atoms. The van der Waals surface area contributed by atoms with Crippen LogP contribution < -0.4 is 15.8 Å². The number of hydrogen-bond acceptors (Lipinski definition) is 6. The summed E-state index contributed by atoms with van der Waals surface area (Å²) < 4.78 is 1.64. The van der Waals surface area contributed by atoms with E-state index in [0.29, 0.717) is 35.5 Å². The highest BCUT2D eigenvalue weighted by atomic mass is 16.2. The van der Waals surface area contributed by atoms with E-state index in [1.165, 1.54) is 12.8 Å². The van der Waals surface area contributed by atoms with E-state index >= 15 is 0 Å². The van der Waals surface area contributed by atoms with Gasteiger partial charge in [-0.1, -0.05) is 12.8 Å². The Hall–Kier alpha value is -3.23. The van der Waals surface area contributed by atoms with Crippen molar-refractivity contribution in [2.45, 2.75) is 64.6 Å². The summed E-state index contributed by atoms with van der Waals surface area (Å²) in [7, 11) is 1.77. The summed E-state index contributed by atoms with van der Waals surface area (Å²) in [5.41, 5.74) is 3.03. The van der Waals surface area contributed by atoms with Crippen LogP contribution in [-0.2, 0) is 18.4 Å². The van der Waals surface area contributed by atoms with Gasteiger partial charge in [0, 0.05) is 37.7 Å².